The van der Waals surface area contributed by atoms with Crippen LogP contribution in [0.5, 0.6) is 0 Å². The lowest BCUT2D eigenvalue weighted by molar-refractivity contribution is -0.141. The zero-order valence-electron chi connectivity index (χ0n) is 10.1. The van der Waals surface area contributed by atoms with Crippen molar-refractivity contribution in [1.82, 2.24) is 0 Å². The molecule has 94 valence electrons. The summed E-state index contributed by atoms with van der Waals surface area (Å²) in [4.78, 5) is 23.1. The number of carboxylic acid groups (broad SMARTS) is 1. The number of ether oxygens (including phenoxy) is 1. The number of carbonyl (C=O) groups excluding carboxylic acids is 1. The van der Waals surface area contributed by atoms with Gasteiger partial charge in [-0.25, -0.2) is 9.59 Å². The monoisotopic (exact) mass is 238 g/mol. The maximum absolute atomic E-state index is 11.9. The Kier molecular flexibility index (Phi) is 3.50. The van der Waals surface area contributed by atoms with Crippen LogP contribution in [0.2, 0.25) is 0 Å². The smallest absolute Gasteiger partial charge is 0.334 e. The van der Waals surface area contributed by atoms with E-state index in [4.69, 9.17) is 9.84 Å². The number of hydrogen-bond donors (Lipinski definition) is 1. The normalized spacial score (nSPS) is 26.4. The zero-order valence-corrected chi connectivity index (χ0v) is 10.1. The lowest BCUT2D eigenvalue weighted by Crippen LogP contribution is -2.19. The summed E-state index contributed by atoms with van der Waals surface area (Å²) in [6, 6.07) is 0. The number of hydrogen-bond acceptors (Lipinski definition) is 3. The molecule has 0 aliphatic heterocycles. The second kappa shape index (κ2) is 4.90. The first-order chi connectivity index (χ1) is 8.15. The molecule has 1 N–H and O–H groups in total. The fourth-order valence-corrected chi connectivity index (χ4v) is 2.90. The van der Waals surface area contributed by atoms with Gasteiger partial charge in [-0.1, -0.05) is 13.3 Å². The van der Waals surface area contributed by atoms with Gasteiger partial charge in [-0.2, -0.15) is 0 Å². The molecule has 2 unspecified atom stereocenters. The number of fused-ring (bicyclic) bond motifs is 2. The summed E-state index contributed by atoms with van der Waals surface area (Å²) in [7, 11) is 0. The summed E-state index contributed by atoms with van der Waals surface area (Å²) in [6.07, 6.45) is 4.44. The first-order valence-corrected chi connectivity index (χ1v) is 6.29. The van der Waals surface area contributed by atoms with Crippen molar-refractivity contribution in [2.45, 2.75) is 39.0 Å². The maximum Gasteiger partial charge on any atom is 0.334 e. The van der Waals surface area contributed by atoms with E-state index in [1.807, 2.05) is 6.92 Å². The molecular formula is C13H18O4. The topological polar surface area (TPSA) is 63.6 Å². The number of esters is 1. The highest BCUT2D eigenvalue weighted by molar-refractivity contribution is 6.01. The van der Waals surface area contributed by atoms with Crippen molar-refractivity contribution in [2.75, 3.05) is 6.61 Å². The molecule has 17 heavy (non-hydrogen) atoms. The second-order valence-electron chi connectivity index (χ2n) is 4.83. The van der Waals surface area contributed by atoms with Crippen LogP contribution < -0.4 is 0 Å². The van der Waals surface area contributed by atoms with Crippen molar-refractivity contribution in [3.63, 3.8) is 0 Å². The molecule has 0 radical (unpaired) electrons. The molecule has 4 heteroatoms. The van der Waals surface area contributed by atoms with E-state index in [0.29, 0.717) is 17.8 Å². The fraction of sp³-hybridized carbons (Fsp3) is 0.692. The first kappa shape index (κ1) is 12.1. The van der Waals surface area contributed by atoms with Crippen LogP contribution in [0, 0.1) is 11.8 Å². The van der Waals surface area contributed by atoms with Gasteiger partial charge in [-0.15, -0.1) is 0 Å². The van der Waals surface area contributed by atoms with Gasteiger partial charge >= 0.3 is 11.9 Å². The van der Waals surface area contributed by atoms with E-state index in [1.165, 1.54) is 0 Å². The molecule has 1 saturated carbocycles. The van der Waals surface area contributed by atoms with Gasteiger partial charge in [0, 0.05) is 0 Å². The molecule has 4 nitrogen and oxygen atoms in total. The summed E-state index contributed by atoms with van der Waals surface area (Å²) < 4.78 is 5.14. The zero-order chi connectivity index (χ0) is 12.4. The van der Waals surface area contributed by atoms with Gasteiger partial charge in [0.1, 0.15) is 0 Å². The number of carboxylic acids is 1. The lowest BCUT2D eigenvalue weighted by Gasteiger charge is -2.16. The average Bonchev–Trinajstić information content (AvgIpc) is 2.88. The average molecular weight is 238 g/mol. The van der Waals surface area contributed by atoms with Crippen molar-refractivity contribution in [1.29, 1.82) is 0 Å². The molecule has 0 aromatic rings. The summed E-state index contributed by atoms with van der Waals surface area (Å²) >= 11 is 0. The molecule has 2 bridgehead atoms. The van der Waals surface area contributed by atoms with E-state index < -0.39 is 11.9 Å². The van der Waals surface area contributed by atoms with Crippen LogP contribution in [-0.2, 0) is 14.3 Å². The predicted molar refractivity (Wildman–Crippen MR) is 61.4 cm³/mol. The lowest BCUT2D eigenvalue weighted by atomic mass is 9.92. The number of rotatable bonds is 5. The number of carbonyl (C=O) groups is 2. The van der Waals surface area contributed by atoms with E-state index in [1.54, 1.807) is 0 Å². The minimum absolute atomic E-state index is 0.0752. The van der Waals surface area contributed by atoms with Crippen LogP contribution in [0.15, 0.2) is 11.1 Å². The standard InChI is InChI=1S/C13H18O4/c1-2-3-6-17-13(16)11-9-5-4-8(7-9)10(11)12(14)15/h8-9H,2-7H2,1H3,(H,14,15). The molecule has 1 fully saturated rings. The highest BCUT2D eigenvalue weighted by Crippen LogP contribution is 2.48. The third kappa shape index (κ3) is 2.21. The molecule has 2 atom stereocenters. The van der Waals surface area contributed by atoms with E-state index in [9.17, 15) is 9.59 Å². The fourth-order valence-electron chi connectivity index (χ4n) is 2.90. The largest absolute Gasteiger partial charge is 0.478 e. The van der Waals surface area contributed by atoms with Gasteiger partial charge in [0.15, 0.2) is 0 Å². The van der Waals surface area contributed by atoms with Crippen LogP contribution in [-0.4, -0.2) is 23.7 Å². The number of aliphatic carboxylic acids is 1. The first-order valence-electron chi connectivity index (χ1n) is 6.29. The Hall–Kier alpha value is -1.32. The maximum atomic E-state index is 11.9. The van der Waals surface area contributed by atoms with Gasteiger partial charge in [0.05, 0.1) is 17.8 Å². The Balaban J connectivity index is 2.11. The van der Waals surface area contributed by atoms with Crippen molar-refractivity contribution in [2.24, 2.45) is 11.8 Å². The minimum atomic E-state index is -0.945. The molecule has 2 rings (SSSR count). The molecule has 0 saturated heterocycles. The summed E-state index contributed by atoms with van der Waals surface area (Å²) in [5, 5.41) is 9.16. The molecule has 0 amide bonds. The van der Waals surface area contributed by atoms with Crippen molar-refractivity contribution >= 4 is 11.9 Å². The molecule has 0 spiro atoms. The molecule has 2 aliphatic carbocycles. The third-order valence-electron chi connectivity index (χ3n) is 3.72. The van der Waals surface area contributed by atoms with Crippen molar-refractivity contribution in [3.05, 3.63) is 11.1 Å². The molecule has 2 aliphatic rings. The van der Waals surface area contributed by atoms with Crippen LogP contribution in [0.25, 0.3) is 0 Å². The van der Waals surface area contributed by atoms with Gasteiger partial charge in [0.25, 0.3) is 0 Å². The third-order valence-corrected chi connectivity index (χ3v) is 3.72. The molecule has 0 heterocycles. The van der Waals surface area contributed by atoms with Gasteiger partial charge < -0.3 is 9.84 Å². The van der Waals surface area contributed by atoms with Gasteiger partial charge in [-0.05, 0) is 37.5 Å². The Morgan fingerprint density at radius 1 is 1.29 bits per heavy atom. The van der Waals surface area contributed by atoms with Crippen molar-refractivity contribution in [3.8, 4) is 0 Å². The quantitative estimate of drug-likeness (QED) is 0.588. The van der Waals surface area contributed by atoms with Crippen LogP contribution in [0.1, 0.15) is 39.0 Å². The van der Waals surface area contributed by atoms with Crippen LogP contribution in [0.4, 0.5) is 0 Å². The van der Waals surface area contributed by atoms with Gasteiger partial charge in [-0.3, -0.25) is 0 Å². The molecule has 0 aromatic heterocycles. The van der Waals surface area contributed by atoms with Crippen LogP contribution >= 0.6 is 0 Å². The van der Waals surface area contributed by atoms with E-state index in [-0.39, 0.29) is 11.8 Å². The second-order valence-corrected chi connectivity index (χ2v) is 4.83. The Morgan fingerprint density at radius 2 is 1.94 bits per heavy atom. The van der Waals surface area contributed by atoms with E-state index in [0.717, 1.165) is 32.1 Å². The van der Waals surface area contributed by atoms with Crippen LogP contribution in [0.3, 0.4) is 0 Å². The van der Waals surface area contributed by atoms with E-state index >= 15 is 0 Å². The summed E-state index contributed by atoms with van der Waals surface area (Å²) in [5.74, 6) is -1.14. The minimum Gasteiger partial charge on any atom is -0.478 e. The highest BCUT2D eigenvalue weighted by atomic mass is 16.5. The Bertz CT molecular complexity index is 370. The highest BCUT2D eigenvalue weighted by Gasteiger charge is 2.45. The SMILES string of the molecule is CCCCOC(=O)C1=C(C(=O)O)C2CCC1C2. The van der Waals surface area contributed by atoms with E-state index in [2.05, 4.69) is 0 Å². The molecule has 0 aromatic carbocycles. The predicted octanol–water partition coefficient (Wildman–Crippen LogP) is 2.14. The number of unbranched alkanes of at least 4 members (excludes halogenated alkanes) is 1. The molecular weight excluding hydrogens is 220 g/mol. The Morgan fingerprint density at radius 3 is 2.53 bits per heavy atom. The van der Waals surface area contributed by atoms with Crippen molar-refractivity contribution < 1.29 is 19.4 Å². The summed E-state index contributed by atoms with van der Waals surface area (Å²) in [5.41, 5.74) is 0.771. The van der Waals surface area contributed by atoms with Gasteiger partial charge in [0.2, 0.25) is 0 Å². The summed E-state index contributed by atoms with van der Waals surface area (Å²) in [6.45, 7) is 2.41. The Labute approximate surface area is 101 Å².